The van der Waals surface area contributed by atoms with Gasteiger partial charge in [-0.2, -0.15) is 0 Å². The lowest BCUT2D eigenvalue weighted by molar-refractivity contribution is 0.0965. The summed E-state index contributed by atoms with van der Waals surface area (Å²) in [6.07, 6.45) is 0. The van der Waals surface area contributed by atoms with E-state index in [0.717, 1.165) is 0 Å². The zero-order chi connectivity index (χ0) is 22.1. The van der Waals surface area contributed by atoms with Crippen molar-refractivity contribution in [2.75, 3.05) is 25.1 Å². The molecule has 3 aromatic carbocycles. The van der Waals surface area contributed by atoms with Gasteiger partial charge in [-0.25, -0.2) is 13.2 Å². The van der Waals surface area contributed by atoms with Crippen molar-refractivity contribution in [3.63, 3.8) is 0 Å². The lowest BCUT2D eigenvalue weighted by atomic mass is 9.90. The Bertz CT molecular complexity index is 1150. The van der Waals surface area contributed by atoms with Crippen molar-refractivity contribution in [1.29, 1.82) is 0 Å². The minimum absolute atomic E-state index is 0.0819. The molecule has 0 aliphatic carbocycles. The Morgan fingerprint density at radius 1 is 1.13 bits per heavy atom. The number of hydrogen-bond donors (Lipinski definition) is 2. The lowest BCUT2D eigenvalue weighted by Gasteiger charge is -2.16. The molecular formula is C23H17ClF3NO3. The van der Waals surface area contributed by atoms with Crippen LogP contribution in [-0.2, 0) is 0 Å². The highest BCUT2D eigenvalue weighted by molar-refractivity contribution is 6.34. The summed E-state index contributed by atoms with van der Waals surface area (Å²) < 4.78 is 46.2. The average molecular weight is 448 g/mol. The fraction of sp³-hybridized carbons (Fsp3) is 0.174. The summed E-state index contributed by atoms with van der Waals surface area (Å²) >= 11 is 6.43. The molecule has 4 nitrogen and oxygen atoms in total. The molecule has 4 rings (SSSR count). The molecule has 1 atom stereocenters. The van der Waals surface area contributed by atoms with Crippen LogP contribution in [0.4, 0.5) is 18.9 Å². The van der Waals surface area contributed by atoms with Gasteiger partial charge in [0.1, 0.15) is 12.4 Å². The van der Waals surface area contributed by atoms with Gasteiger partial charge in [0, 0.05) is 28.9 Å². The minimum atomic E-state index is -1.61. The monoisotopic (exact) mass is 447 g/mol. The Morgan fingerprint density at radius 2 is 1.84 bits per heavy atom. The summed E-state index contributed by atoms with van der Waals surface area (Å²) in [6, 6.07) is 11.8. The van der Waals surface area contributed by atoms with Crippen molar-refractivity contribution in [1.82, 2.24) is 0 Å². The van der Waals surface area contributed by atoms with E-state index < -0.39 is 29.2 Å². The molecule has 0 saturated carbocycles. The number of hydrogen-bond acceptors (Lipinski definition) is 4. The summed E-state index contributed by atoms with van der Waals surface area (Å²) in [5.74, 6) is -5.22. The molecule has 1 aliphatic rings. The first-order valence-electron chi connectivity index (χ1n) is 9.50. The van der Waals surface area contributed by atoms with Gasteiger partial charge in [0.25, 0.3) is 0 Å². The molecular weight excluding hydrogens is 431 g/mol. The van der Waals surface area contributed by atoms with Crippen LogP contribution in [0, 0.1) is 17.5 Å². The fourth-order valence-electron chi connectivity index (χ4n) is 3.75. The van der Waals surface area contributed by atoms with Crippen LogP contribution < -0.4 is 10.1 Å². The number of benzene rings is 3. The van der Waals surface area contributed by atoms with Gasteiger partial charge in [-0.15, -0.1) is 0 Å². The maximum Gasteiger partial charge on any atom is 0.194 e. The van der Waals surface area contributed by atoms with Crippen molar-refractivity contribution in [2.24, 2.45) is 0 Å². The zero-order valence-electron chi connectivity index (χ0n) is 16.1. The number of para-hydroxylation sites is 1. The number of nitrogens with one attached hydrogen (secondary N) is 1. The van der Waals surface area contributed by atoms with E-state index >= 15 is 0 Å². The smallest absolute Gasteiger partial charge is 0.194 e. The third-order valence-corrected chi connectivity index (χ3v) is 5.45. The van der Waals surface area contributed by atoms with Crippen LogP contribution >= 0.6 is 11.6 Å². The molecule has 8 heteroatoms. The summed E-state index contributed by atoms with van der Waals surface area (Å²) in [5, 5.41) is 12.7. The van der Waals surface area contributed by atoms with Crippen molar-refractivity contribution < 1.29 is 27.8 Å². The Kier molecular flexibility index (Phi) is 5.89. The Morgan fingerprint density at radius 3 is 2.55 bits per heavy atom. The summed E-state index contributed by atoms with van der Waals surface area (Å²) in [7, 11) is 0. The topological polar surface area (TPSA) is 58.6 Å². The first-order valence-corrected chi connectivity index (χ1v) is 9.88. The van der Waals surface area contributed by atoms with Crippen LogP contribution in [0.1, 0.15) is 21.8 Å². The number of aliphatic hydroxyl groups is 1. The molecule has 0 saturated heterocycles. The maximum atomic E-state index is 13.6. The van der Waals surface area contributed by atoms with Crippen molar-refractivity contribution in [2.45, 2.75) is 5.92 Å². The molecule has 1 unspecified atom stereocenters. The number of anilines is 1. The van der Waals surface area contributed by atoms with Gasteiger partial charge in [0.2, 0.25) is 0 Å². The van der Waals surface area contributed by atoms with Crippen LogP contribution in [-0.4, -0.2) is 30.6 Å². The number of carbonyl (C=O) groups excluding carboxylic acids is 1. The number of rotatable bonds is 6. The Labute approximate surface area is 181 Å². The highest BCUT2D eigenvalue weighted by atomic mass is 35.5. The second-order valence-corrected chi connectivity index (χ2v) is 7.41. The number of Topliss-reactive ketones (excluding diaryl/α,β-unsaturated/α-hetero) is 1. The number of ether oxygens (including phenoxy) is 1. The van der Waals surface area contributed by atoms with E-state index in [1.807, 2.05) is 6.07 Å². The van der Waals surface area contributed by atoms with Gasteiger partial charge < -0.3 is 15.2 Å². The van der Waals surface area contributed by atoms with Gasteiger partial charge >= 0.3 is 0 Å². The molecule has 0 spiro atoms. The predicted octanol–water partition coefficient (Wildman–Crippen LogP) is 5.19. The second-order valence-electron chi connectivity index (χ2n) is 7.01. The normalized spacial score (nSPS) is 14.8. The van der Waals surface area contributed by atoms with Gasteiger partial charge in [0.05, 0.1) is 17.5 Å². The maximum absolute atomic E-state index is 13.6. The molecule has 0 aromatic heterocycles. The molecule has 1 heterocycles. The van der Waals surface area contributed by atoms with Crippen LogP contribution in [0.2, 0.25) is 5.02 Å². The third kappa shape index (κ3) is 3.86. The average Bonchev–Trinajstić information content (AvgIpc) is 3.19. The standard InChI is InChI=1S/C23H17ClF3NO3/c24-16-5-2-6-19(31-8-7-29)20(16)14-4-1-3-13-15(11-28-22(13)14)23(30)12-9-17(25)21(27)18(26)10-12/h1-6,9-10,15,28-29H,7-8,11H2. The van der Waals surface area contributed by atoms with Crippen molar-refractivity contribution in [3.8, 4) is 16.9 Å². The highest BCUT2D eigenvalue weighted by Crippen LogP contribution is 2.45. The van der Waals surface area contributed by atoms with Crippen LogP contribution in [0.25, 0.3) is 11.1 Å². The first kappa shape index (κ1) is 21.2. The minimum Gasteiger partial charge on any atom is -0.490 e. The highest BCUT2D eigenvalue weighted by Gasteiger charge is 2.32. The van der Waals surface area contributed by atoms with Gasteiger partial charge in [-0.1, -0.05) is 35.9 Å². The second kappa shape index (κ2) is 8.61. The van der Waals surface area contributed by atoms with E-state index in [0.29, 0.717) is 45.3 Å². The molecule has 0 fully saturated rings. The largest absolute Gasteiger partial charge is 0.490 e. The van der Waals surface area contributed by atoms with E-state index in [4.69, 9.17) is 21.4 Å². The summed E-state index contributed by atoms with van der Waals surface area (Å²) in [5.41, 5.74) is 2.30. The van der Waals surface area contributed by atoms with Crippen molar-refractivity contribution in [3.05, 3.63) is 82.1 Å². The van der Waals surface area contributed by atoms with Gasteiger partial charge in [0.15, 0.2) is 23.2 Å². The van der Waals surface area contributed by atoms with E-state index in [-0.39, 0.29) is 25.3 Å². The summed E-state index contributed by atoms with van der Waals surface area (Å²) in [4.78, 5) is 13.0. The number of fused-ring (bicyclic) bond motifs is 1. The molecule has 2 N–H and O–H groups in total. The van der Waals surface area contributed by atoms with E-state index in [1.165, 1.54) is 0 Å². The Balaban J connectivity index is 1.76. The van der Waals surface area contributed by atoms with Gasteiger partial charge in [-0.05, 0) is 29.8 Å². The van der Waals surface area contributed by atoms with Gasteiger partial charge in [-0.3, -0.25) is 4.79 Å². The molecule has 160 valence electrons. The summed E-state index contributed by atoms with van der Waals surface area (Å²) in [6.45, 7) is 0.111. The molecule has 0 radical (unpaired) electrons. The number of halogens is 4. The number of carbonyl (C=O) groups is 1. The van der Waals surface area contributed by atoms with Crippen LogP contribution in [0.5, 0.6) is 5.75 Å². The number of aliphatic hydroxyl groups excluding tert-OH is 1. The van der Waals surface area contributed by atoms with Crippen molar-refractivity contribution >= 4 is 23.1 Å². The van der Waals surface area contributed by atoms with E-state index in [2.05, 4.69) is 5.32 Å². The third-order valence-electron chi connectivity index (χ3n) is 5.13. The molecule has 0 bridgehead atoms. The van der Waals surface area contributed by atoms with Crippen LogP contribution in [0.3, 0.4) is 0 Å². The first-order chi connectivity index (χ1) is 14.9. The van der Waals surface area contributed by atoms with E-state index in [1.54, 1.807) is 30.3 Å². The zero-order valence-corrected chi connectivity index (χ0v) is 16.8. The van der Waals surface area contributed by atoms with Crippen LogP contribution in [0.15, 0.2) is 48.5 Å². The van der Waals surface area contributed by atoms with E-state index in [9.17, 15) is 18.0 Å². The quantitative estimate of drug-likeness (QED) is 0.403. The SMILES string of the molecule is O=C(c1cc(F)c(F)c(F)c1)C1CNc2c(-c3c(Cl)cccc3OCCO)cccc21. The fourth-order valence-corrected chi connectivity index (χ4v) is 4.02. The number of ketones is 1. The Hall–Kier alpha value is -3.03. The molecule has 1 aliphatic heterocycles. The predicted molar refractivity (Wildman–Crippen MR) is 111 cm³/mol. The molecule has 31 heavy (non-hydrogen) atoms. The lowest BCUT2D eigenvalue weighted by Crippen LogP contribution is -2.15. The molecule has 3 aromatic rings. The molecule has 0 amide bonds.